The zero-order valence-corrected chi connectivity index (χ0v) is 10.00. The van der Waals surface area contributed by atoms with Gasteiger partial charge in [0.15, 0.2) is 0 Å². The molecule has 0 heterocycles. The molecule has 11 heavy (non-hydrogen) atoms. The molecule has 0 aromatic heterocycles. The van der Waals surface area contributed by atoms with E-state index in [1.165, 1.54) is 5.56 Å². The van der Waals surface area contributed by atoms with Crippen LogP contribution in [0.2, 0.25) is 0 Å². The molecule has 0 aliphatic carbocycles. The maximum atomic E-state index is 7.00. The van der Waals surface area contributed by atoms with Crippen LogP contribution in [0.5, 0.6) is 0 Å². The quantitative estimate of drug-likeness (QED) is 0.528. The second kappa shape index (κ2) is 13.0. The number of hydrogen-bond acceptors (Lipinski definition) is 1. The van der Waals surface area contributed by atoms with E-state index in [0.717, 1.165) is 7.11 Å². The van der Waals surface area contributed by atoms with Gasteiger partial charge in [-0.15, -0.1) is 17.0 Å². The first-order valence-electron chi connectivity index (χ1n) is 2.77. The molecule has 0 fully saturated rings. The van der Waals surface area contributed by atoms with Crippen LogP contribution in [-0.2, 0) is 0 Å². The van der Waals surface area contributed by atoms with E-state index in [9.17, 15) is 0 Å². The molecule has 0 amide bonds. The number of hydrogen-bond donors (Lipinski definition) is 1. The average Bonchev–Trinajstić information content (AvgIpc) is 1.94. The summed E-state index contributed by atoms with van der Waals surface area (Å²) >= 11 is 0. The Labute approximate surface area is 94.7 Å². The Morgan fingerprint density at radius 3 is 2.09 bits per heavy atom. The molecular formula is C8H12BrMgO+. The Morgan fingerprint density at radius 1 is 1.36 bits per heavy atom. The first-order chi connectivity index (χ1) is 4.39. The van der Waals surface area contributed by atoms with Gasteiger partial charge in [0.1, 0.15) is 0 Å². The minimum atomic E-state index is 0. The van der Waals surface area contributed by atoms with Gasteiger partial charge in [0.25, 0.3) is 0 Å². The molecule has 0 radical (unpaired) electrons. The van der Waals surface area contributed by atoms with Gasteiger partial charge in [0, 0.05) is 7.11 Å². The molecule has 1 nitrogen and oxygen atoms in total. The molecule has 0 aliphatic rings. The van der Waals surface area contributed by atoms with Gasteiger partial charge in [0.2, 0.25) is 0 Å². The summed E-state index contributed by atoms with van der Waals surface area (Å²) in [6.07, 6.45) is 0. The molecule has 0 unspecified atom stereocenters. The molecule has 0 atom stereocenters. The Morgan fingerprint density at radius 2 is 1.91 bits per heavy atom. The van der Waals surface area contributed by atoms with Crippen molar-refractivity contribution in [2.45, 2.75) is 6.92 Å². The van der Waals surface area contributed by atoms with Gasteiger partial charge in [-0.2, -0.15) is 35.9 Å². The van der Waals surface area contributed by atoms with E-state index >= 15 is 0 Å². The van der Waals surface area contributed by atoms with E-state index in [2.05, 4.69) is 19.1 Å². The molecular weight excluding hydrogens is 216 g/mol. The Kier molecular flexibility index (Phi) is 20.8. The van der Waals surface area contributed by atoms with Gasteiger partial charge in [-0.05, 0) is 0 Å². The van der Waals surface area contributed by atoms with Crippen molar-refractivity contribution in [2.75, 3.05) is 7.11 Å². The van der Waals surface area contributed by atoms with Crippen molar-refractivity contribution in [3.63, 3.8) is 0 Å². The van der Waals surface area contributed by atoms with Crippen LogP contribution < -0.4 is 0 Å². The van der Waals surface area contributed by atoms with E-state index in [1.54, 1.807) is 0 Å². The second-order valence-electron chi connectivity index (χ2n) is 1.58. The minimum absolute atomic E-state index is 0. The summed E-state index contributed by atoms with van der Waals surface area (Å²) in [5.41, 5.74) is 1.27. The van der Waals surface area contributed by atoms with Gasteiger partial charge < -0.3 is 5.11 Å². The standard InChI is InChI=1S/C7H7.CH4O.BrH.Mg/c1-7-5-3-2-4-6-7;1-2;;/h2-3,5-6H,1H3;2H,1H3;1H;/q-1;;;+2. The van der Waals surface area contributed by atoms with Gasteiger partial charge in [0.05, 0.1) is 0 Å². The number of aryl methyl sites for hydroxylation is 1. The monoisotopic (exact) mass is 227 g/mol. The third-order valence-corrected chi connectivity index (χ3v) is 0.863. The Bertz CT molecular complexity index is 144. The number of halogens is 1. The third-order valence-electron chi connectivity index (χ3n) is 0.863. The molecule has 0 saturated carbocycles. The van der Waals surface area contributed by atoms with Crippen LogP contribution in [0.15, 0.2) is 24.3 Å². The summed E-state index contributed by atoms with van der Waals surface area (Å²) in [6.45, 7) is 2.05. The molecule has 0 aliphatic heterocycles. The Hall–Kier alpha value is 0.426. The van der Waals surface area contributed by atoms with Crippen molar-refractivity contribution in [1.29, 1.82) is 0 Å². The smallest absolute Gasteiger partial charge is 0.400 e. The van der Waals surface area contributed by atoms with Gasteiger partial charge in [-0.3, -0.25) is 0 Å². The Balaban J connectivity index is -0.000000149. The molecule has 1 aromatic carbocycles. The zero-order chi connectivity index (χ0) is 7.11. The fraction of sp³-hybridized carbons (Fsp3) is 0.250. The number of benzene rings is 1. The van der Waals surface area contributed by atoms with Crippen LogP contribution in [0.1, 0.15) is 5.56 Å². The molecule has 3 heteroatoms. The van der Waals surface area contributed by atoms with E-state index < -0.39 is 0 Å². The molecule has 1 aromatic rings. The van der Waals surface area contributed by atoms with Crippen molar-refractivity contribution in [3.8, 4) is 0 Å². The summed E-state index contributed by atoms with van der Waals surface area (Å²) < 4.78 is 0. The van der Waals surface area contributed by atoms with Gasteiger partial charge >= 0.3 is 23.1 Å². The summed E-state index contributed by atoms with van der Waals surface area (Å²) in [6, 6.07) is 10.8. The van der Waals surface area contributed by atoms with Gasteiger partial charge in [-0.25, -0.2) is 0 Å². The minimum Gasteiger partial charge on any atom is -0.400 e. The molecule has 1 N–H and O–H groups in total. The molecule has 0 bridgehead atoms. The first kappa shape index (κ1) is 17.5. The maximum Gasteiger partial charge on any atom is 2.00 e. The van der Waals surface area contributed by atoms with Crippen LogP contribution in [-0.4, -0.2) is 35.3 Å². The summed E-state index contributed by atoms with van der Waals surface area (Å²) in [5.74, 6) is 0. The van der Waals surface area contributed by atoms with E-state index in [0.29, 0.717) is 0 Å². The molecule has 0 saturated heterocycles. The summed E-state index contributed by atoms with van der Waals surface area (Å²) in [5, 5.41) is 7.00. The fourth-order valence-electron chi connectivity index (χ4n) is 0.483. The van der Waals surface area contributed by atoms with Crippen molar-refractivity contribution in [1.82, 2.24) is 0 Å². The summed E-state index contributed by atoms with van der Waals surface area (Å²) in [7, 11) is 1.00. The number of aliphatic hydroxyl groups excluding tert-OH is 1. The molecule has 0 spiro atoms. The van der Waals surface area contributed by atoms with Crippen LogP contribution >= 0.6 is 17.0 Å². The van der Waals surface area contributed by atoms with Crippen molar-refractivity contribution in [2.24, 2.45) is 0 Å². The van der Waals surface area contributed by atoms with Crippen molar-refractivity contribution >= 4 is 40.0 Å². The molecule has 1 rings (SSSR count). The van der Waals surface area contributed by atoms with E-state index in [4.69, 9.17) is 5.11 Å². The second-order valence-corrected chi connectivity index (χ2v) is 1.58. The first-order valence-corrected chi connectivity index (χ1v) is 2.77. The van der Waals surface area contributed by atoms with E-state index in [-0.39, 0.29) is 40.0 Å². The maximum absolute atomic E-state index is 7.00. The average molecular weight is 228 g/mol. The number of rotatable bonds is 0. The zero-order valence-electron chi connectivity index (χ0n) is 6.87. The van der Waals surface area contributed by atoms with Crippen LogP contribution in [0, 0.1) is 13.0 Å². The predicted octanol–water partition coefficient (Wildman–Crippen LogP) is 1.60. The number of aliphatic hydroxyl groups is 1. The summed E-state index contributed by atoms with van der Waals surface area (Å²) in [4.78, 5) is 0. The normalized spacial score (nSPS) is 6.09. The molecule has 58 valence electrons. The SMILES string of the molecule is Br.CO.Cc1c[c-]ccc1.[Mg+2]. The van der Waals surface area contributed by atoms with Crippen LogP contribution in [0.4, 0.5) is 0 Å². The fourth-order valence-corrected chi connectivity index (χ4v) is 0.483. The third kappa shape index (κ3) is 10.4. The largest absolute Gasteiger partial charge is 2.00 e. The van der Waals surface area contributed by atoms with Crippen LogP contribution in [0.3, 0.4) is 0 Å². The van der Waals surface area contributed by atoms with Crippen molar-refractivity contribution in [3.05, 3.63) is 35.9 Å². The topological polar surface area (TPSA) is 20.2 Å². The van der Waals surface area contributed by atoms with Crippen molar-refractivity contribution < 1.29 is 5.11 Å². The van der Waals surface area contributed by atoms with E-state index in [1.807, 2.05) is 18.2 Å². The van der Waals surface area contributed by atoms with Gasteiger partial charge in [-0.1, -0.05) is 6.92 Å². The van der Waals surface area contributed by atoms with Crippen LogP contribution in [0.25, 0.3) is 0 Å². The predicted molar refractivity (Wildman–Crippen MR) is 54.2 cm³/mol.